The van der Waals surface area contributed by atoms with Crippen LogP contribution in [-0.4, -0.2) is 46.0 Å². The van der Waals surface area contributed by atoms with E-state index in [9.17, 15) is 9.59 Å². The quantitative estimate of drug-likeness (QED) is 0.668. The second kappa shape index (κ2) is 8.94. The number of amides is 2. The predicted octanol–water partition coefficient (Wildman–Crippen LogP) is 3.65. The average Bonchev–Trinajstić information content (AvgIpc) is 3.60. The van der Waals surface area contributed by atoms with E-state index < -0.39 is 0 Å². The smallest absolute Gasteiger partial charge is 0.251 e. The maximum absolute atomic E-state index is 13.1. The van der Waals surface area contributed by atoms with Gasteiger partial charge in [0, 0.05) is 36.2 Å². The molecule has 2 heterocycles. The summed E-state index contributed by atoms with van der Waals surface area (Å²) in [5.74, 6) is 0.641. The minimum absolute atomic E-state index is 0.155. The number of carbonyl (C=O) groups excluding carboxylic acids is 2. The van der Waals surface area contributed by atoms with E-state index in [1.165, 1.54) is 0 Å². The predicted molar refractivity (Wildman–Crippen MR) is 119 cm³/mol. The minimum atomic E-state index is -0.247. The first-order valence-corrected chi connectivity index (χ1v) is 11.2. The fourth-order valence-corrected chi connectivity index (χ4v) is 4.80. The standard InChI is InChI=1S/C25H26N4O3/c30-23(18-11-5-2-6-12-18)26-21-16-19(25(31)29-13-7-8-14-29)15-20(21)24-27-22(28-32-24)17-9-3-1-4-10-17/h1-6,9-12,19-21H,7-8,13-16H2,(H,26,30)/t19-,20-,21+/m1/s1. The zero-order chi connectivity index (χ0) is 21.9. The van der Waals surface area contributed by atoms with Crippen molar-refractivity contribution in [1.82, 2.24) is 20.4 Å². The van der Waals surface area contributed by atoms with E-state index in [1.54, 1.807) is 12.1 Å². The summed E-state index contributed by atoms with van der Waals surface area (Å²) in [4.78, 5) is 32.5. The molecule has 1 saturated carbocycles. The van der Waals surface area contributed by atoms with Crippen LogP contribution in [0.15, 0.2) is 65.2 Å². The van der Waals surface area contributed by atoms with E-state index in [0.29, 0.717) is 30.1 Å². The summed E-state index contributed by atoms with van der Waals surface area (Å²) < 4.78 is 5.64. The molecule has 2 fully saturated rings. The fraction of sp³-hybridized carbons (Fsp3) is 0.360. The van der Waals surface area contributed by atoms with Gasteiger partial charge in [0.25, 0.3) is 5.91 Å². The van der Waals surface area contributed by atoms with Crippen LogP contribution in [0, 0.1) is 5.92 Å². The van der Waals surface area contributed by atoms with Gasteiger partial charge in [0.1, 0.15) is 0 Å². The number of nitrogens with zero attached hydrogens (tertiary/aromatic N) is 3. The van der Waals surface area contributed by atoms with Crippen molar-refractivity contribution >= 4 is 11.8 Å². The highest BCUT2D eigenvalue weighted by Crippen LogP contribution is 2.40. The van der Waals surface area contributed by atoms with Gasteiger partial charge < -0.3 is 14.7 Å². The van der Waals surface area contributed by atoms with E-state index in [0.717, 1.165) is 31.5 Å². The Bertz CT molecular complexity index is 1080. The zero-order valence-electron chi connectivity index (χ0n) is 17.8. The Labute approximate surface area is 186 Å². The molecule has 1 aliphatic carbocycles. The van der Waals surface area contributed by atoms with Crippen molar-refractivity contribution in [2.45, 2.75) is 37.6 Å². The molecule has 7 heteroatoms. The first kappa shape index (κ1) is 20.4. The monoisotopic (exact) mass is 430 g/mol. The molecule has 3 atom stereocenters. The van der Waals surface area contributed by atoms with Crippen molar-refractivity contribution in [3.05, 3.63) is 72.1 Å². The van der Waals surface area contributed by atoms with Crippen molar-refractivity contribution < 1.29 is 14.1 Å². The van der Waals surface area contributed by atoms with Crippen molar-refractivity contribution in [2.75, 3.05) is 13.1 Å². The minimum Gasteiger partial charge on any atom is -0.348 e. The normalized spacial score (nSPS) is 22.8. The summed E-state index contributed by atoms with van der Waals surface area (Å²) in [6.07, 6.45) is 3.27. The molecule has 0 spiro atoms. The number of hydrogen-bond acceptors (Lipinski definition) is 5. The van der Waals surface area contributed by atoms with Crippen LogP contribution in [0.4, 0.5) is 0 Å². The molecule has 2 aromatic carbocycles. The highest BCUT2D eigenvalue weighted by Gasteiger charge is 2.43. The van der Waals surface area contributed by atoms with Crippen LogP contribution in [0.1, 0.15) is 47.8 Å². The SMILES string of the molecule is O=C(N[C@H]1C[C@H](C(=O)N2CCCC2)C[C@H]1c1nc(-c2ccccc2)no1)c1ccccc1. The lowest BCUT2D eigenvalue weighted by Crippen LogP contribution is -2.37. The second-order valence-corrected chi connectivity index (χ2v) is 8.58. The summed E-state index contributed by atoms with van der Waals surface area (Å²) in [6.45, 7) is 1.64. The third kappa shape index (κ3) is 4.15. The maximum Gasteiger partial charge on any atom is 0.251 e. The summed E-state index contributed by atoms with van der Waals surface area (Å²) in [6, 6.07) is 18.5. The summed E-state index contributed by atoms with van der Waals surface area (Å²) in [5, 5.41) is 7.29. The van der Waals surface area contributed by atoms with Crippen LogP contribution in [0.3, 0.4) is 0 Å². The molecule has 164 valence electrons. The second-order valence-electron chi connectivity index (χ2n) is 8.58. The summed E-state index contributed by atoms with van der Waals surface area (Å²) in [5.41, 5.74) is 1.46. The molecular weight excluding hydrogens is 404 g/mol. The topological polar surface area (TPSA) is 88.3 Å². The Morgan fingerprint density at radius 2 is 1.62 bits per heavy atom. The van der Waals surface area contributed by atoms with Crippen molar-refractivity contribution in [3.8, 4) is 11.4 Å². The molecule has 0 bridgehead atoms. The van der Waals surface area contributed by atoms with Crippen LogP contribution in [0.2, 0.25) is 0 Å². The van der Waals surface area contributed by atoms with E-state index in [-0.39, 0.29) is 29.7 Å². The lowest BCUT2D eigenvalue weighted by molar-refractivity contribution is -0.134. The van der Waals surface area contributed by atoms with Gasteiger partial charge in [-0.1, -0.05) is 53.7 Å². The van der Waals surface area contributed by atoms with E-state index >= 15 is 0 Å². The van der Waals surface area contributed by atoms with Gasteiger partial charge >= 0.3 is 0 Å². The first-order chi connectivity index (χ1) is 15.7. The molecule has 1 aliphatic heterocycles. The maximum atomic E-state index is 13.1. The first-order valence-electron chi connectivity index (χ1n) is 11.2. The van der Waals surface area contributed by atoms with Gasteiger partial charge in [0.15, 0.2) is 0 Å². The molecule has 1 N–H and O–H groups in total. The Morgan fingerprint density at radius 3 is 2.34 bits per heavy atom. The molecule has 5 rings (SSSR count). The Balaban J connectivity index is 1.39. The molecule has 32 heavy (non-hydrogen) atoms. The number of carbonyl (C=O) groups is 2. The van der Waals surface area contributed by atoms with Gasteiger partial charge in [-0.2, -0.15) is 4.98 Å². The number of rotatable bonds is 5. The fourth-order valence-electron chi connectivity index (χ4n) is 4.80. The third-order valence-corrected chi connectivity index (χ3v) is 6.47. The Morgan fingerprint density at radius 1 is 0.938 bits per heavy atom. The molecular formula is C25H26N4O3. The summed E-state index contributed by atoms with van der Waals surface area (Å²) >= 11 is 0. The van der Waals surface area contributed by atoms with Crippen molar-refractivity contribution in [1.29, 1.82) is 0 Å². The van der Waals surface area contributed by atoms with E-state index in [4.69, 9.17) is 4.52 Å². The van der Waals surface area contributed by atoms with Gasteiger partial charge in [-0.25, -0.2) is 0 Å². The van der Waals surface area contributed by atoms with E-state index in [1.807, 2.05) is 53.4 Å². The molecule has 1 saturated heterocycles. The summed E-state index contributed by atoms with van der Waals surface area (Å²) in [7, 11) is 0. The molecule has 0 radical (unpaired) electrons. The van der Waals surface area contributed by atoms with Gasteiger partial charge in [0.2, 0.25) is 17.6 Å². The van der Waals surface area contributed by atoms with Crippen molar-refractivity contribution in [2.24, 2.45) is 5.92 Å². The lowest BCUT2D eigenvalue weighted by Gasteiger charge is -2.20. The third-order valence-electron chi connectivity index (χ3n) is 6.47. The number of hydrogen-bond donors (Lipinski definition) is 1. The van der Waals surface area contributed by atoms with Crippen LogP contribution in [0.5, 0.6) is 0 Å². The van der Waals surface area contributed by atoms with Crippen LogP contribution < -0.4 is 5.32 Å². The van der Waals surface area contributed by atoms with Gasteiger partial charge in [-0.15, -0.1) is 0 Å². The van der Waals surface area contributed by atoms with Crippen LogP contribution >= 0.6 is 0 Å². The largest absolute Gasteiger partial charge is 0.348 e. The number of likely N-dealkylation sites (tertiary alicyclic amines) is 1. The molecule has 2 aliphatic rings. The number of benzene rings is 2. The van der Waals surface area contributed by atoms with Crippen LogP contribution in [0.25, 0.3) is 11.4 Å². The van der Waals surface area contributed by atoms with Crippen molar-refractivity contribution in [3.63, 3.8) is 0 Å². The van der Waals surface area contributed by atoms with Crippen LogP contribution in [-0.2, 0) is 4.79 Å². The highest BCUT2D eigenvalue weighted by atomic mass is 16.5. The number of aromatic nitrogens is 2. The molecule has 7 nitrogen and oxygen atoms in total. The van der Waals surface area contributed by atoms with Gasteiger partial charge in [0.05, 0.1) is 5.92 Å². The molecule has 2 amide bonds. The lowest BCUT2D eigenvalue weighted by atomic mass is 10.0. The highest BCUT2D eigenvalue weighted by molar-refractivity contribution is 5.94. The molecule has 1 aromatic heterocycles. The number of nitrogens with one attached hydrogen (secondary N) is 1. The Hall–Kier alpha value is -3.48. The average molecular weight is 431 g/mol. The zero-order valence-corrected chi connectivity index (χ0v) is 17.8. The van der Waals surface area contributed by atoms with Gasteiger partial charge in [-0.3, -0.25) is 9.59 Å². The molecule has 0 unspecified atom stereocenters. The molecule has 3 aromatic rings. The van der Waals surface area contributed by atoms with E-state index in [2.05, 4.69) is 15.5 Å². The van der Waals surface area contributed by atoms with Gasteiger partial charge in [-0.05, 0) is 37.8 Å². The Kier molecular flexibility index (Phi) is 5.71.